The summed E-state index contributed by atoms with van der Waals surface area (Å²) in [7, 11) is 3.34. The van der Waals surface area contributed by atoms with Crippen LogP contribution in [0.2, 0.25) is 0 Å². The lowest BCUT2D eigenvalue weighted by atomic mass is 9.94. The zero-order valence-electron chi connectivity index (χ0n) is 23.8. The summed E-state index contributed by atoms with van der Waals surface area (Å²) < 4.78 is 11.0. The van der Waals surface area contributed by atoms with Crippen LogP contribution in [0, 0.1) is 6.92 Å². The van der Waals surface area contributed by atoms with Crippen molar-refractivity contribution in [3.05, 3.63) is 59.8 Å². The van der Waals surface area contributed by atoms with Crippen molar-refractivity contribution in [1.29, 1.82) is 0 Å². The molecule has 6 heteroatoms. The fourth-order valence-electron chi connectivity index (χ4n) is 5.68. The Morgan fingerprint density at radius 2 is 1.55 bits per heavy atom. The van der Waals surface area contributed by atoms with Gasteiger partial charge in [0.05, 0.1) is 19.9 Å². The van der Waals surface area contributed by atoms with Crippen molar-refractivity contribution in [2.24, 2.45) is 0 Å². The third-order valence-electron chi connectivity index (χ3n) is 7.86. The number of rotatable bonds is 7. The van der Waals surface area contributed by atoms with Crippen LogP contribution in [0.25, 0.3) is 33.3 Å². The summed E-state index contributed by atoms with van der Waals surface area (Å²) in [6.45, 7) is 15.5. The number of methoxy groups -OCH3 is 2. The van der Waals surface area contributed by atoms with E-state index in [0.29, 0.717) is 12.0 Å². The molecule has 0 amide bonds. The van der Waals surface area contributed by atoms with E-state index in [1.165, 1.54) is 27.6 Å². The molecule has 5 rings (SSSR count). The fourth-order valence-corrected chi connectivity index (χ4v) is 5.68. The molecule has 0 radical (unpaired) electrons. The highest BCUT2D eigenvalue weighted by atomic mass is 16.5. The van der Waals surface area contributed by atoms with Crippen LogP contribution in [0.3, 0.4) is 0 Å². The Hall–Kier alpha value is -3.51. The maximum atomic E-state index is 5.58. The zero-order chi connectivity index (χ0) is 27.0. The molecule has 38 heavy (non-hydrogen) atoms. The van der Waals surface area contributed by atoms with Gasteiger partial charge in [-0.1, -0.05) is 19.9 Å². The van der Waals surface area contributed by atoms with Crippen molar-refractivity contribution in [2.45, 2.75) is 46.6 Å². The molecule has 1 aliphatic rings. The highest BCUT2D eigenvalue weighted by molar-refractivity contribution is 5.94. The topological polar surface area (TPSA) is 53.6 Å². The number of piperazine rings is 1. The minimum absolute atomic E-state index is 0.341. The van der Waals surface area contributed by atoms with Gasteiger partial charge in [0, 0.05) is 60.4 Å². The summed E-state index contributed by atoms with van der Waals surface area (Å²) >= 11 is 0. The van der Waals surface area contributed by atoms with Crippen molar-refractivity contribution in [2.75, 3.05) is 45.3 Å². The molecular formula is C32H40N4O2. The van der Waals surface area contributed by atoms with E-state index in [9.17, 15) is 0 Å². The van der Waals surface area contributed by atoms with Gasteiger partial charge < -0.3 is 19.4 Å². The van der Waals surface area contributed by atoms with Gasteiger partial charge in [0.1, 0.15) is 5.82 Å². The summed E-state index contributed by atoms with van der Waals surface area (Å²) in [6.07, 6.45) is 2.05. The molecule has 2 aromatic heterocycles. The molecule has 1 saturated heterocycles. The predicted octanol–water partition coefficient (Wildman–Crippen LogP) is 6.88. The first-order chi connectivity index (χ1) is 18.3. The van der Waals surface area contributed by atoms with Crippen LogP contribution in [0.4, 0.5) is 5.82 Å². The molecule has 1 fully saturated rings. The van der Waals surface area contributed by atoms with E-state index in [2.05, 4.69) is 85.9 Å². The highest BCUT2D eigenvalue weighted by Gasteiger charge is 2.21. The van der Waals surface area contributed by atoms with Gasteiger partial charge in [-0.05, 0) is 79.8 Å². The van der Waals surface area contributed by atoms with Crippen molar-refractivity contribution in [3.63, 3.8) is 0 Å². The smallest absolute Gasteiger partial charge is 0.161 e. The first kappa shape index (κ1) is 26.1. The van der Waals surface area contributed by atoms with Crippen LogP contribution in [0.5, 0.6) is 11.5 Å². The first-order valence-electron chi connectivity index (χ1n) is 13.6. The number of benzene rings is 2. The first-order valence-corrected chi connectivity index (χ1v) is 13.6. The van der Waals surface area contributed by atoms with E-state index in [0.717, 1.165) is 60.3 Å². The second-order valence-electron chi connectivity index (χ2n) is 10.9. The number of aromatic nitrogens is 2. The van der Waals surface area contributed by atoms with Gasteiger partial charge in [0.15, 0.2) is 11.5 Å². The largest absolute Gasteiger partial charge is 0.493 e. The molecule has 0 atom stereocenters. The molecule has 0 spiro atoms. The summed E-state index contributed by atoms with van der Waals surface area (Å²) in [4.78, 5) is 13.5. The molecular weight excluding hydrogens is 472 g/mol. The Bertz CT molecular complexity index is 1430. The number of aryl methyl sites for hydroxylation is 1. The van der Waals surface area contributed by atoms with Gasteiger partial charge in [-0.3, -0.25) is 4.90 Å². The Balaban J connectivity index is 1.49. The monoisotopic (exact) mass is 512 g/mol. The minimum atomic E-state index is 0.341. The van der Waals surface area contributed by atoms with E-state index < -0.39 is 0 Å². The standard InChI is InChI=1S/C32H40N4O2/c1-20(2)31-25-17-23(8-10-27(25)34-32(31)24-9-11-28(37-6)29(18-24)38-7)26-19-33-30(16-22(26)5)36-14-12-35(13-15-36)21(3)4/h8-11,16-21,34H,12-15H2,1-7H3. The minimum Gasteiger partial charge on any atom is -0.493 e. The molecule has 0 aliphatic carbocycles. The quantitative estimate of drug-likeness (QED) is 0.293. The zero-order valence-corrected chi connectivity index (χ0v) is 23.8. The molecule has 1 N–H and O–H groups in total. The Morgan fingerprint density at radius 3 is 2.18 bits per heavy atom. The predicted molar refractivity (Wildman–Crippen MR) is 158 cm³/mol. The average Bonchev–Trinajstić information content (AvgIpc) is 3.31. The number of anilines is 1. The molecule has 3 heterocycles. The van der Waals surface area contributed by atoms with Crippen molar-refractivity contribution >= 4 is 16.7 Å². The maximum Gasteiger partial charge on any atom is 0.161 e. The number of nitrogens with one attached hydrogen (secondary N) is 1. The van der Waals surface area contributed by atoms with E-state index in [4.69, 9.17) is 14.5 Å². The van der Waals surface area contributed by atoms with Crippen LogP contribution in [-0.4, -0.2) is 61.3 Å². The molecule has 1 aliphatic heterocycles. The summed E-state index contributed by atoms with van der Waals surface area (Å²) in [6, 6.07) is 15.7. The molecule has 200 valence electrons. The molecule has 0 unspecified atom stereocenters. The van der Waals surface area contributed by atoms with Gasteiger partial charge in [-0.2, -0.15) is 0 Å². The van der Waals surface area contributed by atoms with Crippen molar-refractivity contribution in [3.8, 4) is 33.9 Å². The van der Waals surface area contributed by atoms with Gasteiger partial charge in [0.2, 0.25) is 0 Å². The lowest BCUT2D eigenvalue weighted by Gasteiger charge is -2.37. The third-order valence-corrected chi connectivity index (χ3v) is 7.86. The second-order valence-corrected chi connectivity index (χ2v) is 10.9. The lowest BCUT2D eigenvalue weighted by Crippen LogP contribution is -2.49. The lowest BCUT2D eigenvalue weighted by molar-refractivity contribution is 0.209. The number of nitrogens with zero attached hydrogens (tertiary/aromatic N) is 3. The number of pyridine rings is 1. The second kappa shape index (κ2) is 10.7. The molecule has 4 aromatic rings. The van der Waals surface area contributed by atoms with Crippen molar-refractivity contribution < 1.29 is 9.47 Å². The third kappa shape index (κ3) is 4.85. The molecule has 0 bridgehead atoms. The molecule has 0 saturated carbocycles. The van der Waals surface area contributed by atoms with Crippen molar-refractivity contribution in [1.82, 2.24) is 14.9 Å². The molecule has 2 aromatic carbocycles. The van der Waals surface area contributed by atoms with Crippen LogP contribution < -0.4 is 14.4 Å². The number of aromatic amines is 1. The molecule has 6 nitrogen and oxygen atoms in total. The van der Waals surface area contributed by atoms with E-state index in [-0.39, 0.29) is 0 Å². The van der Waals surface area contributed by atoms with Gasteiger partial charge in [0.25, 0.3) is 0 Å². The summed E-state index contributed by atoms with van der Waals surface area (Å²) in [5, 5.41) is 1.25. The highest BCUT2D eigenvalue weighted by Crippen LogP contribution is 2.40. The summed E-state index contributed by atoms with van der Waals surface area (Å²) in [5.74, 6) is 2.88. The number of hydrogen-bond acceptors (Lipinski definition) is 5. The number of hydrogen-bond donors (Lipinski definition) is 1. The van der Waals surface area contributed by atoms with Crippen LogP contribution in [-0.2, 0) is 0 Å². The Kier molecular flexibility index (Phi) is 7.35. The summed E-state index contributed by atoms with van der Waals surface area (Å²) in [5.41, 5.74) is 8.27. The number of fused-ring (bicyclic) bond motifs is 1. The van der Waals surface area contributed by atoms with Crippen LogP contribution in [0.1, 0.15) is 44.7 Å². The van der Waals surface area contributed by atoms with E-state index >= 15 is 0 Å². The SMILES string of the molecule is COc1ccc(-c2[nH]c3ccc(-c4cnc(N5CCN(C(C)C)CC5)cc4C)cc3c2C(C)C)cc1OC. The average molecular weight is 513 g/mol. The van der Waals surface area contributed by atoms with Gasteiger partial charge in [-0.15, -0.1) is 0 Å². The number of H-pyrrole nitrogens is 1. The van der Waals surface area contributed by atoms with E-state index in [1.54, 1.807) is 14.2 Å². The van der Waals surface area contributed by atoms with Crippen LogP contribution in [0.15, 0.2) is 48.7 Å². The maximum absolute atomic E-state index is 5.58. The Morgan fingerprint density at radius 1 is 0.842 bits per heavy atom. The normalized spacial score (nSPS) is 14.6. The van der Waals surface area contributed by atoms with Gasteiger partial charge >= 0.3 is 0 Å². The van der Waals surface area contributed by atoms with Gasteiger partial charge in [-0.25, -0.2) is 4.98 Å². The Labute approximate surface area is 226 Å². The van der Waals surface area contributed by atoms with Crippen LogP contribution >= 0.6 is 0 Å². The van der Waals surface area contributed by atoms with E-state index in [1.807, 2.05) is 12.1 Å². The number of ether oxygens (including phenoxy) is 2. The fraction of sp³-hybridized carbons (Fsp3) is 0.406.